The standard InChI is InChI=1S/C16H18N2O4.C2H4/c1-11-8-14(18-16(17-11)21-3)22-10-13-7-5-4-6-12(13)9-15(19)20-2;1-2/h4-8H,9-10H2,1-3H3;1-2H2. The van der Waals surface area contributed by atoms with E-state index in [1.54, 1.807) is 6.07 Å². The van der Waals surface area contributed by atoms with Gasteiger partial charge in [0, 0.05) is 11.8 Å². The Balaban J connectivity index is 0.00000139. The lowest BCUT2D eigenvalue weighted by molar-refractivity contribution is -0.139. The average molecular weight is 330 g/mol. The number of nitrogens with zero attached hydrogens (tertiary/aromatic N) is 2. The Hall–Kier alpha value is -2.89. The second-order valence-electron chi connectivity index (χ2n) is 4.64. The molecule has 0 saturated heterocycles. The summed E-state index contributed by atoms with van der Waals surface area (Å²) in [6.07, 6.45) is 0.210. The first-order chi connectivity index (χ1) is 11.6. The smallest absolute Gasteiger partial charge is 0.319 e. The van der Waals surface area contributed by atoms with Crippen LogP contribution in [0.2, 0.25) is 0 Å². The summed E-state index contributed by atoms with van der Waals surface area (Å²) in [6.45, 7) is 8.13. The zero-order valence-corrected chi connectivity index (χ0v) is 14.2. The average Bonchev–Trinajstić information content (AvgIpc) is 2.62. The van der Waals surface area contributed by atoms with Crippen LogP contribution in [0.15, 0.2) is 43.5 Å². The van der Waals surface area contributed by atoms with E-state index in [2.05, 4.69) is 23.1 Å². The highest BCUT2D eigenvalue weighted by Gasteiger charge is 2.09. The van der Waals surface area contributed by atoms with Gasteiger partial charge in [-0.2, -0.15) is 4.98 Å². The van der Waals surface area contributed by atoms with Crippen LogP contribution in [0, 0.1) is 6.92 Å². The second-order valence-corrected chi connectivity index (χ2v) is 4.64. The summed E-state index contributed by atoms with van der Waals surface area (Å²) in [5.74, 6) is 0.143. The third kappa shape index (κ3) is 5.72. The Labute approximate surface area is 142 Å². The van der Waals surface area contributed by atoms with E-state index in [9.17, 15) is 4.79 Å². The van der Waals surface area contributed by atoms with E-state index in [0.717, 1.165) is 16.8 Å². The number of esters is 1. The van der Waals surface area contributed by atoms with Crippen LogP contribution < -0.4 is 9.47 Å². The molecular formula is C18H22N2O4. The largest absolute Gasteiger partial charge is 0.473 e. The van der Waals surface area contributed by atoms with Crippen molar-refractivity contribution in [1.29, 1.82) is 0 Å². The fourth-order valence-corrected chi connectivity index (χ4v) is 1.93. The van der Waals surface area contributed by atoms with Gasteiger partial charge < -0.3 is 14.2 Å². The third-order valence-electron chi connectivity index (χ3n) is 3.05. The highest BCUT2D eigenvalue weighted by molar-refractivity contribution is 5.72. The molecule has 2 rings (SSSR count). The summed E-state index contributed by atoms with van der Waals surface area (Å²) < 4.78 is 15.4. The number of rotatable bonds is 6. The van der Waals surface area contributed by atoms with E-state index < -0.39 is 0 Å². The zero-order valence-electron chi connectivity index (χ0n) is 14.2. The minimum Gasteiger partial charge on any atom is -0.473 e. The molecule has 0 bridgehead atoms. The summed E-state index contributed by atoms with van der Waals surface area (Å²) in [5.41, 5.74) is 2.53. The topological polar surface area (TPSA) is 70.5 Å². The first kappa shape index (κ1) is 19.2. The van der Waals surface area contributed by atoms with Crippen LogP contribution in [0.25, 0.3) is 0 Å². The number of ether oxygens (including phenoxy) is 3. The predicted octanol–water partition coefficient (Wildman–Crippen LogP) is 2.89. The molecule has 6 heteroatoms. The number of carbonyl (C=O) groups excluding carboxylic acids is 1. The molecule has 128 valence electrons. The van der Waals surface area contributed by atoms with E-state index in [1.807, 2.05) is 31.2 Å². The molecule has 0 aliphatic rings. The molecule has 0 amide bonds. The van der Waals surface area contributed by atoms with E-state index in [1.165, 1.54) is 14.2 Å². The Bertz CT molecular complexity index is 674. The molecule has 0 N–H and O–H groups in total. The van der Waals surface area contributed by atoms with E-state index in [-0.39, 0.29) is 18.4 Å². The second kappa shape index (κ2) is 9.99. The lowest BCUT2D eigenvalue weighted by Gasteiger charge is -2.10. The fourth-order valence-electron chi connectivity index (χ4n) is 1.93. The molecule has 0 radical (unpaired) electrons. The van der Waals surface area contributed by atoms with Crippen LogP contribution in [0.4, 0.5) is 0 Å². The van der Waals surface area contributed by atoms with E-state index >= 15 is 0 Å². The number of aromatic nitrogens is 2. The van der Waals surface area contributed by atoms with Crippen molar-refractivity contribution in [3.63, 3.8) is 0 Å². The number of carbonyl (C=O) groups is 1. The lowest BCUT2D eigenvalue weighted by atomic mass is 10.1. The maximum absolute atomic E-state index is 11.4. The van der Waals surface area contributed by atoms with Crippen LogP contribution >= 0.6 is 0 Å². The van der Waals surface area contributed by atoms with Crippen LogP contribution in [0.5, 0.6) is 11.9 Å². The summed E-state index contributed by atoms with van der Waals surface area (Å²) in [6, 6.07) is 9.54. The monoisotopic (exact) mass is 330 g/mol. The fraction of sp³-hybridized carbons (Fsp3) is 0.278. The van der Waals surface area contributed by atoms with Crippen molar-refractivity contribution in [2.24, 2.45) is 0 Å². The van der Waals surface area contributed by atoms with Gasteiger partial charge in [0.1, 0.15) is 6.61 Å². The van der Waals surface area contributed by atoms with Gasteiger partial charge in [0.15, 0.2) is 0 Å². The molecule has 1 aromatic carbocycles. The molecular weight excluding hydrogens is 308 g/mol. The summed E-state index contributed by atoms with van der Waals surface area (Å²) in [7, 11) is 2.88. The lowest BCUT2D eigenvalue weighted by Crippen LogP contribution is -2.08. The molecule has 0 spiro atoms. The Morgan fingerprint density at radius 1 is 1.12 bits per heavy atom. The molecule has 0 atom stereocenters. The SMILES string of the molecule is C=C.COC(=O)Cc1ccccc1COc1cc(C)nc(OC)n1. The summed E-state index contributed by atoms with van der Waals surface area (Å²) in [5, 5.41) is 0. The van der Waals surface area contributed by atoms with Gasteiger partial charge in [-0.1, -0.05) is 24.3 Å². The quantitative estimate of drug-likeness (QED) is 0.599. The molecule has 24 heavy (non-hydrogen) atoms. The normalized spacial score (nSPS) is 9.46. The van der Waals surface area contributed by atoms with E-state index in [4.69, 9.17) is 14.2 Å². The maximum Gasteiger partial charge on any atom is 0.319 e. The van der Waals surface area contributed by atoms with Gasteiger partial charge in [-0.15, -0.1) is 13.2 Å². The molecule has 0 saturated carbocycles. The van der Waals surface area contributed by atoms with Gasteiger partial charge >= 0.3 is 12.0 Å². The van der Waals surface area contributed by atoms with Crippen LogP contribution in [0.1, 0.15) is 16.8 Å². The number of hydrogen-bond donors (Lipinski definition) is 0. The number of methoxy groups -OCH3 is 2. The summed E-state index contributed by atoms with van der Waals surface area (Å²) in [4.78, 5) is 19.7. The van der Waals surface area contributed by atoms with Crippen molar-refractivity contribution >= 4 is 5.97 Å². The zero-order chi connectivity index (χ0) is 17.9. The molecule has 0 fully saturated rings. The third-order valence-corrected chi connectivity index (χ3v) is 3.05. The van der Waals surface area contributed by atoms with Gasteiger partial charge in [-0.25, -0.2) is 4.98 Å². The van der Waals surface area contributed by atoms with Gasteiger partial charge in [0.2, 0.25) is 5.88 Å². The minimum absolute atomic E-state index is 0.210. The Morgan fingerprint density at radius 2 is 1.79 bits per heavy atom. The molecule has 0 aliphatic carbocycles. The number of aryl methyl sites for hydroxylation is 1. The minimum atomic E-state index is -0.285. The van der Waals surface area contributed by atoms with Crippen LogP contribution in [-0.4, -0.2) is 30.2 Å². The Morgan fingerprint density at radius 3 is 2.42 bits per heavy atom. The van der Waals surface area contributed by atoms with Gasteiger partial charge in [-0.3, -0.25) is 4.79 Å². The first-order valence-corrected chi connectivity index (χ1v) is 7.28. The van der Waals surface area contributed by atoms with Gasteiger partial charge in [-0.05, 0) is 18.1 Å². The van der Waals surface area contributed by atoms with Gasteiger partial charge in [0.25, 0.3) is 0 Å². The highest BCUT2D eigenvalue weighted by atomic mass is 16.5. The van der Waals surface area contributed by atoms with Crippen molar-refractivity contribution in [3.05, 3.63) is 60.3 Å². The van der Waals surface area contributed by atoms with E-state index in [0.29, 0.717) is 12.5 Å². The first-order valence-electron chi connectivity index (χ1n) is 7.28. The van der Waals surface area contributed by atoms with Crippen molar-refractivity contribution in [2.45, 2.75) is 20.0 Å². The molecule has 2 aromatic rings. The Kier molecular flexibility index (Phi) is 7.98. The molecule has 6 nitrogen and oxygen atoms in total. The maximum atomic E-state index is 11.4. The van der Waals surface area contributed by atoms with Crippen molar-refractivity contribution in [1.82, 2.24) is 9.97 Å². The molecule has 1 heterocycles. The van der Waals surface area contributed by atoms with Crippen LogP contribution in [0.3, 0.4) is 0 Å². The van der Waals surface area contributed by atoms with Crippen molar-refractivity contribution in [3.8, 4) is 11.9 Å². The molecule has 0 unspecified atom stereocenters. The van der Waals surface area contributed by atoms with Crippen molar-refractivity contribution in [2.75, 3.05) is 14.2 Å². The molecule has 1 aromatic heterocycles. The van der Waals surface area contributed by atoms with Gasteiger partial charge in [0.05, 0.1) is 20.6 Å². The number of hydrogen-bond acceptors (Lipinski definition) is 6. The number of benzene rings is 1. The summed E-state index contributed by atoms with van der Waals surface area (Å²) >= 11 is 0. The van der Waals surface area contributed by atoms with Crippen molar-refractivity contribution < 1.29 is 19.0 Å². The highest BCUT2D eigenvalue weighted by Crippen LogP contribution is 2.17. The predicted molar refractivity (Wildman–Crippen MR) is 91.1 cm³/mol. The molecule has 0 aliphatic heterocycles. The van der Waals surface area contributed by atoms with Crippen LogP contribution in [-0.2, 0) is 22.6 Å².